The minimum Gasteiger partial charge on any atom is -0.342 e. The Bertz CT molecular complexity index is 1110. The van der Waals surface area contributed by atoms with E-state index in [1.165, 1.54) is 19.3 Å². The molecule has 0 radical (unpaired) electrons. The fourth-order valence-corrected chi connectivity index (χ4v) is 5.90. The first-order valence-corrected chi connectivity index (χ1v) is 12.5. The molecule has 1 aliphatic carbocycles. The summed E-state index contributed by atoms with van der Waals surface area (Å²) in [5.74, 6) is 0.691. The predicted octanol–water partition coefficient (Wildman–Crippen LogP) is 5.23. The monoisotopic (exact) mass is 448 g/mol. The van der Waals surface area contributed by atoms with Gasteiger partial charge in [0.15, 0.2) is 0 Å². The summed E-state index contributed by atoms with van der Waals surface area (Å²) in [5, 5.41) is 6.78. The second-order valence-corrected chi connectivity index (χ2v) is 9.73. The number of likely N-dealkylation sites (tertiary alicyclic amines) is 1. The minimum absolute atomic E-state index is 0.212. The standard InChI is InChI=1S/C25H28N4O2S/c30-23(27-20-10-4-8-17-9-5-13-26-22(17)20)21-16-32-24(28-21)18-11-14-29(15-12-18)25(31)19-6-2-1-3-7-19/h4-5,8-10,13,16,18-19H,1-3,6-7,11-12,14-15H2,(H,27,30). The van der Waals surface area contributed by atoms with Crippen molar-refractivity contribution >= 4 is 39.7 Å². The van der Waals surface area contributed by atoms with Crippen molar-refractivity contribution in [2.45, 2.75) is 50.9 Å². The van der Waals surface area contributed by atoms with Crippen LogP contribution in [0.2, 0.25) is 0 Å². The number of hydrogen-bond donors (Lipinski definition) is 1. The van der Waals surface area contributed by atoms with E-state index in [1.54, 1.807) is 17.5 Å². The Kier molecular flexibility index (Phi) is 6.17. The van der Waals surface area contributed by atoms with Gasteiger partial charge in [0.1, 0.15) is 5.69 Å². The number of hydrogen-bond acceptors (Lipinski definition) is 5. The molecule has 1 aliphatic heterocycles. The number of anilines is 1. The van der Waals surface area contributed by atoms with Crippen LogP contribution in [0, 0.1) is 5.92 Å². The molecule has 0 unspecified atom stereocenters. The van der Waals surface area contributed by atoms with E-state index in [1.807, 2.05) is 35.7 Å². The van der Waals surface area contributed by atoms with E-state index in [-0.39, 0.29) is 11.8 Å². The molecule has 1 aromatic carbocycles. The first-order chi connectivity index (χ1) is 15.7. The highest BCUT2D eigenvalue weighted by atomic mass is 32.1. The van der Waals surface area contributed by atoms with Crippen molar-refractivity contribution in [2.24, 2.45) is 5.92 Å². The van der Waals surface area contributed by atoms with Crippen LogP contribution in [0.15, 0.2) is 41.9 Å². The van der Waals surface area contributed by atoms with Gasteiger partial charge in [-0.25, -0.2) is 4.98 Å². The third kappa shape index (κ3) is 4.39. The third-order valence-corrected chi connectivity index (χ3v) is 7.75. The summed E-state index contributed by atoms with van der Waals surface area (Å²) in [6.45, 7) is 1.59. The summed E-state index contributed by atoms with van der Waals surface area (Å²) in [6.07, 6.45) is 9.30. The summed E-state index contributed by atoms with van der Waals surface area (Å²) < 4.78 is 0. The Balaban J connectivity index is 1.20. The number of piperidine rings is 1. The third-order valence-electron chi connectivity index (χ3n) is 6.75. The molecule has 2 aromatic heterocycles. The molecule has 2 aliphatic rings. The number of carbonyl (C=O) groups excluding carboxylic acids is 2. The lowest BCUT2D eigenvalue weighted by Gasteiger charge is -2.34. The molecular formula is C25H28N4O2S. The van der Waals surface area contributed by atoms with Crippen LogP contribution in [-0.4, -0.2) is 39.8 Å². The first kappa shape index (κ1) is 21.1. The van der Waals surface area contributed by atoms with E-state index >= 15 is 0 Å². The minimum atomic E-state index is -0.212. The van der Waals surface area contributed by atoms with Crippen LogP contribution in [0.5, 0.6) is 0 Å². The Morgan fingerprint density at radius 3 is 2.59 bits per heavy atom. The SMILES string of the molecule is O=C(Nc1cccc2cccnc12)c1csc(C2CCN(C(=O)C3CCCCC3)CC2)n1. The number of para-hydroxylation sites is 1. The van der Waals surface area contributed by atoms with E-state index in [0.717, 1.165) is 54.7 Å². The number of rotatable bonds is 4. The van der Waals surface area contributed by atoms with Gasteiger partial charge in [-0.05, 0) is 37.8 Å². The molecule has 2 fully saturated rings. The highest BCUT2D eigenvalue weighted by Crippen LogP contribution is 2.33. The zero-order valence-corrected chi connectivity index (χ0v) is 18.9. The summed E-state index contributed by atoms with van der Waals surface area (Å²) in [7, 11) is 0. The van der Waals surface area contributed by atoms with Crippen molar-refractivity contribution in [3.8, 4) is 0 Å². The zero-order chi connectivity index (χ0) is 21.9. The number of pyridine rings is 1. The van der Waals surface area contributed by atoms with Crippen molar-refractivity contribution in [1.82, 2.24) is 14.9 Å². The van der Waals surface area contributed by atoms with E-state index in [2.05, 4.69) is 20.2 Å². The first-order valence-electron chi connectivity index (χ1n) is 11.6. The van der Waals surface area contributed by atoms with Gasteiger partial charge in [0, 0.05) is 41.9 Å². The Morgan fingerprint density at radius 2 is 1.78 bits per heavy atom. The lowest BCUT2D eigenvalue weighted by molar-refractivity contribution is -0.137. The maximum atomic E-state index is 12.8. The number of benzene rings is 1. The lowest BCUT2D eigenvalue weighted by Crippen LogP contribution is -2.41. The van der Waals surface area contributed by atoms with Crippen molar-refractivity contribution in [3.05, 3.63) is 52.6 Å². The normalized spacial score (nSPS) is 18.1. The van der Waals surface area contributed by atoms with Gasteiger partial charge >= 0.3 is 0 Å². The van der Waals surface area contributed by atoms with Crippen LogP contribution >= 0.6 is 11.3 Å². The largest absolute Gasteiger partial charge is 0.342 e. The molecule has 166 valence electrons. The second-order valence-electron chi connectivity index (χ2n) is 8.84. The number of aromatic nitrogens is 2. The number of nitrogens with one attached hydrogen (secondary N) is 1. The smallest absolute Gasteiger partial charge is 0.275 e. The van der Waals surface area contributed by atoms with Crippen LogP contribution in [0.4, 0.5) is 5.69 Å². The second kappa shape index (κ2) is 9.36. The van der Waals surface area contributed by atoms with Gasteiger partial charge in [0.2, 0.25) is 5.91 Å². The molecule has 1 N–H and O–H groups in total. The molecule has 3 heterocycles. The molecule has 5 rings (SSSR count). The van der Waals surface area contributed by atoms with Gasteiger partial charge < -0.3 is 10.2 Å². The van der Waals surface area contributed by atoms with E-state index in [4.69, 9.17) is 0 Å². The van der Waals surface area contributed by atoms with Crippen LogP contribution in [0.1, 0.15) is 66.4 Å². The van der Waals surface area contributed by atoms with Gasteiger partial charge in [0.25, 0.3) is 5.91 Å². The Hall–Kier alpha value is -2.80. The molecule has 7 heteroatoms. The summed E-state index contributed by atoms with van der Waals surface area (Å²) in [6, 6.07) is 9.61. The maximum absolute atomic E-state index is 12.8. The lowest BCUT2D eigenvalue weighted by atomic mass is 9.87. The molecule has 0 bridgehead atoms. The number of amides is 2. The van der Waals surface area contributed by atoms with E-state index in [9.17, 15) is 9.59 Å². The molecule has 3 aromatic rings. The highest BCUT2D eigenvalue weighted by molar-refractivity contribution is 7.10. The average molecular weight is 449 g/mol. The van der Waals surface area contributed by atoms with Crippen molar-refractivity contribution in [1.29, 1.82) is 0 Å². The van der Waals surface area contributed by atoms with Crippen molar-refractivity contribution in [2.75, 3.05) is 18.4 Å². The van der Waals surface area contributed by atoms with Crippen molar-refractivity contribution in [3.63, 3.8) is 0 Å². The topological polar surface area (TPSA) is 75.2 Å². The van der Waals surface area contributed by atoms with Gasteiger partial charge in [-0.15, -0.1) is 11.3 Å². The fraction of sp³-hybridized carbons (Fsp3) is 0.440. The van der Waals surface area contributed by atoms with E-state index < -0.39 is 0 Å². The van der Waals surface area contributed by atoms with E-state index in [0.29, 0.717) is 23.2 Å². The van der Waals surface area contributed by atoms with Gasteiger partial charge in [-0.2, -0.15) is 0 Å². The van der Waals surface area contributed by atoms with Gasteiger partial charge in [0.05, 0.1) is 16.2 Å². The average Bonchev–Trinajstić information content (AvgIpc) is 3.35. The summed E-state index contributed by atoms with van der Waals surface area (Å²) in [5.41, 5.74) is 1.91. The van der Waals surface area contributed by atoms with Crippen LogP contribution in [0.3, 0.4) is 0 Å². The Morgan fingerprint density at radius 1 is 1.00 bits per heavy atom. The molecule has 1 saturated carbocycles. The molecule has 6 nitrogen and oxygen atoms in total. The zero-order valence-electron chi connectivity index (χ0n) is 18.1. The molecule has 0 spiro atoms. The highest BCUT2D eigenvalue weighted by Gasteiger charge is 2.30. The number of carbonyl (C=O) groups is 2. The van der Waals surface area contributed by atoms with Gasteiger partial charge in [-0.3, -0.25) is 14.6 Å². The molecule has 1 saturated heterocycles. The Labute approximate surface area is 192 Å². The fourth-order valence-electron chi connectivity index (χ4n) is 4.93. The molecule has 0 atom stereocenters. The van der Waals surface area contributed by atoms with Crippen molar-refractivity contribution < 1.29 is 9.59 Å². The van der Waals surface area contributed by atoms with Crippen LogP contribution in [0.25, 0.3) is 10.9 Å². The van der Waals surface area contributed by atoms with Crippen LogP contribution < -0.4 is 5.32 Å². The number of fused-ring (bicyclic) bond motifs is 1. The van der Waals surface area contributed by atoms with Crippen LogP contribution in [-0.2, 0) is 4.79 Å². The quantitative estimate of drug-likeness (QED) is 0.593. The molecule has 32 heavy (non-hydrogen) atoms. The maximum Gasteiger partial charge on any atom is 0.275 e. The molecule has 2 amide bonds. The molecular weight excluding hydrogens is 420 g/mol. The predicted molar refractivity (Wildman–Crippen MR) is 127 cm³/mol. The number of thiazole rings is 1. The summed E-state index contributed by atoms with van der Waals surface area (Å²) in [4.78, 5) is 36.7. The van der Waals surface area contributed by atoms with Gasteiger partial charge in [-0.1, -0.05) is 37.5 Å². The summed E-state index contributed by atoms with van der Waals surface area (Å²) >= 11 is 1.55. The number of nitrogens with zero attached hydrogens (tertiary/aromatic N) is 3.